The molecule has 1 aromatic rings. The fraction of sp³-hybridized carbons (Fsp3) is 0.500. The van der Waals surface area contributed by atoms with Gasteiger partial charge in [-0.2, -0.15) is 4.39 Å². The molecule has 2 unspecified atom stereocenters. The highest BCUT2D eigenvalue weighted by Crippen LogP contribution is 2.57. The van der Waals surface area contributed by atoms with Gasteiger partial charge in [-0.3, -0.25) is 4.79 Å². The molecule has 2 atom stereocenters. The summed E-state index contributed by atoms with van der Waals surface area (Å²) in [5.74, 6) is 0.949. The SMILES string of the molecule is O=C(Nc1ccc(F)nc1)C1C2CCCC21. The number of carbonyl (C=O) groups is 1. The number of pyridine rings is 1. The van der Waals surface area contributed by atoms with Gasteiger partial charge in [0.1, 0.15) is 0 Å². The number of nitrogens with zero attached hydrogens (tertiary/aromatic N) is 1. The van der Waals surface area contributed by atoms with E-state index in [1.54, 1.807) is 6.07 Å². The van der Waals surface area contributed by atoms with Crippen molar-refractivity contribution in [1.29, 1.82) is 0 Å². The Morgan fingerprint density at radius 1 is 1.38 bits per heavy atom. The highest BCUT2D eigenvalue weighted by atomic mass is 19.1. The summed E-state index contributed by atoms with van der Waals surface area (Å²) in [6.45, 7) is 0. The third-order valence-corrected chi connectivity index (χ3v) is 3.70. The van der Waals surface area contributed by atoms with E-state index in [-0.39, 0.29) is 11.8 Å². The van der Waals surface area contributed by atoms with Crippen LogP contribution in [0.2, 0.25) is 0 Å². The van der Waals surface area contributed by atoms with Crippen molar-refractivity contribution in [3.05, 3.63) is 24.3 Å². The van der Waals surface area contributed by atoms with E-state index in [0.29, 0.717) is 17.5 Å². The minimum atomic E-state index is -0.527. The van der Waals surface area contributed by atoms with Crippen LogP contribution in [-0.2, 0) is 4.79 Å². The van der Waals surface area contributed by atoms with Crippen molar-refractivity contribution in [3.63, 3.8) is 0 Å². The molecule has 0 aliphatic heterocycles. The Hall–Kier alpha value is -1.45. The Morgan fingerprint density at radius 2 is 2.12 bits per heavy atom. The number of fused-ring (bicyclic) bond motifs is 1. The zero-order chi connectivity index (χ0) is 11.1. The lowest BCUT2D eigenvalue weighted by Gasteiger charge is -2.05. The number of hydrogen-bond acceptors (Lipinski definition) is 2. The number of amides is 1. The fourth-order valence-electron chi connectivity index (χ4n) is 2.89. The molecule has 1 amide bonds. The quantitative estimate of drug-likeness (QED) is 0.776. The molecule has 0 bridgehead atoms. The molecule has 3 rings (SSSR count). The molecule has 3 nitrogen and oxygen atoms in total. The summed E-state index contributed by atoms with van der Waals surface area (Å²) in [5, 5.41) is 2.79. The highest BCUT2D eigenvalue weighted by molar-refractivity contribution is 5.94. The topological polar surface area (TPSA) is 42.0 Å². The standard InChI is InChI=1S/C12H13FN2O/c13-10-5-4-7(6-14-10)15-12(16)11-8-2-1-3-9(8)11/h4-6,8-9,11H,1-3H2,(H,15,16). The fourth-order valence-corrected chi connectivity index (χ4v) is 2.89. The summed E-state index contributed by atoms with van der Waals surface area (Å²) >= 11 is 0. The third-order valence-electron chi connectivity index (χ3n) is 3.70. The van der Waals surface area contributed by atoms with Crippen LogP contribution in [0, 0.1) is 23.7 Å². The summed E-state index contributed by atoms with van der Waals surface area (Å²) in [6, 6.07) is 2.79. The van der Waals surface area contributed by atoms with Crippen molar-refractivity contribution in [2.24, 2.45) is 17.8 Å². The van der Waals surface area contributed by atoms with E-state index >= 15 is 0 Å². The van der Waals surface area contributed by atoms with Gasteiger partial charge in [-0.05, 0) is 36.8 Å². The van der Waals surface area contributed by atoms with Gasteiger partial charge in [0.25, 0.3) is 0 Å². The Bertz CT molecular complexity index is 408. The van der Waals surface area contributed by atoms with Gasteiger partial charge >= 0.3 is 0 Å². The van der Waals surface area contributed by atoms with Crippen LogP contribution in [0.15, 0.2) is 18.3 Å². The molecule has 2 saturated carbocycles. The van der Waals surface area contributed by atoms with Crippen molar-refractivity contribution in [3.8, 4) is 0 Å². The van der Waals surface area contributed by atoms with E-state index < -0.39 is 5.95 Å². The number of rotatable bonds is 2. The van der Waals surface area contributed by atoms with Crippen LogP contribution in [0.3, 0.4) is 0 Å². The van der Waals surface area contributed by atoms with Crippen molar-refractivity contribution in [2.75, 3.05) is 5.32 Å². The molecule has 2 fully saturated rings. The maximum Gasteiger partial charge on any atom is 0.228 e. The van der Waals surface area contributed by atoms with Crippen LogP contribution >= 0.6 is 0 Å². The molecule has 1 heterocycles. The van der Waals surface area contributed by atoms with Gasteiger partial charge in [-0.25, -0.2) is 4.98 Å². The first-order valence-electron chi connectivity index (χ1n) is 5.68. The van der Waals surface area contributed by atoms with Crippen LogP contribution < -0.4 is 5.32 Å². The molecule has 0 saturated heterocycles. The monoisotopic (exact) mass is 220 g/mol. The first-order valence-corrected chi connectivity index (χ1v) is 5.68. The van der Waals surface area contributed by atoms with Crippen LogP contribution in [0.4, 0.5) is 10.1 Å². The Morgan fingerprint density at radius 3 is 2.75 bits per heavy atom. The van der Waals surface area contributed by atoms with Gasteiger partial charge in [-0.1, -0.05) is 6.42 Å². The first kappa shape index (κ1) is 9.75. The Labute approximate surface area is 93.1 Å². The Kier molecular flexibility index (Phi) is 2.16. The van der Waals surface area contributed by atoms with Crippen LogP contribution in [0.25, 0.3) is 0 Å². The maximum atomic E-state index is 12.6. The number of aromatic nitrogens is 1. The molecular weight excluding hydrogens is 207 g/mol. The second-order valence-corrected chi connectivity index (χ2v) is 4.64. The van der Waals surface area contributed by atoms with Crippen LogP contribution in [0.5, 0.6) is 0 Å². The van der Waals surface area contributed by atoms with Crippen molar-refractivity contribution in [2.45, 2.75) is 19.3 Å². The average Bonchev–Trinajstić information content (AvgIpc) is 2.76. The van der Waals surface area contributed by atoms with E-state index in [9.17, 15) is 9.18 Å². The summed E-state index contributed by atoms with van der Waals surface area (Å²) in [7, 11) is 0. The number of anilines is 1. The smallest absolute Gasteiger partial charge is 0.228 e. The predicted molar refractivity (Wildman–Crippen MR) is 57.1 cm³/mol. The highest BCUT2D eigenvalue weighted by Gasteiger charge is 2.56. The third kappa shape index (κ3) is 1.58. The molecule has 0 spiro atoms. The molecule has 2 aliphatic carbocycles. The predicted octanol–water partition coefficient (Wildman–Crippen LogP) is 2.21. The largest absolute Gasteiger partial charge is 0.324 e. The van der Waals surface area contributed by atoms with E-state index in [1.807, 2.05) is 0 Å². The summed E-state index contributed by atoms with van der Waals surface area (Å²) in [4.78, 5) is 15.3. The van der Waals surface area contributed by atoms with E-state index in [2.05, 4.69) is 10.3 Å². The lowest BCUT2D eigenvalue weighted by Crippen LogP contribution is -2.16. The molecule has 2 aliphatic rings. The van der Waals surface area contributed by atoms with Gasteiger partial charge in [0.2, 0.25) is 11.9 Å². The lowest BCUT2D eigenvalue weighted by molar-refractivity contribution is -0.118. The number of nitrogens with one attached hydrogen (secondary N) is 1. The summed E-state index contributed by atoms with van der Waals surface area (Å²) in [6.07, 6.45) is 4.98. The summed E-state index contributed by atoms with van der Waals surface area (Å²) in [5.41, 5.74) is 0.580. The molecule has 84 valence electrons. The minimum Gasteiger partial charge on any atom is -0.324 e. The van der Waals surface area contributed by atoms with Crippen LogP contribution in [-0.4, -0.2) is 10.9 Å². The molecule has 1 aromatic heterocycles. The second kappa shape index (κ2) is 3.54. The van der Waals surface area contributed by atoms with Gasteiger partial charge in [0.15, 0.2) is 0 Å². The lowest BCUT2D eigenvalue weighted by atomic mass is 10.1. The van der Waals surface area contributed by atoms with E-state index in [1.165, 1.54) is 31.5 Å². The first-order chi connectivity index (χ1) is 7.75. The normalized spacial score (nSPS) is 30.9. The average molecular weight is 220 g/mol. The Balaban J connectivity index is 1.63. The van der Waals surface area contributed by atoms with Crippen LogP contribution in [0.1, 0.15) is 19.3 Å². The van der Waals surface area contributed by atoms with Crippen molar-refractivity contribution < 1.29 is 9.18 Å². The second-order valence-electron chi connectivity index (χ2n) is 4.64. The minimum absolute atomic E-state index is 0.0723. The zero-order valence-corrected chi connectivity index (χ0v) is 8.82. The molecule has 0 radical (unpaired) electrons. The molecule has 16 heavy (non-hydrogen) atoms. The zero-order valence-electron chi connectivity index (χ0n) is 8.82. The maximum absolute atomic E-state index is 12.6. The summed E-state index contributed by atoms with van der Waals surface area (Å²) < 4.78 is 12.6. The number of hydrogen-bond donors (Lipinski definition) is 1. The molecule has 0 aromatic carbocycles. The molecular formula is C12H13FN2O. The van der Waals surface area contributed by atoms with Crippen molar-refractivity contribution in [1.82, 2.24) is 4.98 Å². The van der Waals surface area contributed by atoms with Gasteiger partial charge in [0.05, 0.1) is 11.9 Å². The van der Waals surface area contributed by atoms with E-state index in [0.717, 1.165) is 0 Å². The van der Waals surface area contributed by atoms with Gasteiger partial charge < -0.3 is 5.32 Å². The molecule has 4 heteroatoms. The van der Waals surface area contributed by atoms with E-state index in [4.69, 9.17) is 0 Å². The number of halogens is 1. The molecule has 1 N–H and O–H groups in total. The van der Waals surface area contributed by atoms with Gasteiger partial charge in [-0.15, -0.1) is 0 Å². The van der Waals surface area contributed by atoms with Gasteiger partial charge in [0, 0.05) is 5.92 Å². The number of carbonyl (C=O) groups excluding carboxylic acids is 1. The van der Waals surface area contributed by atoms with Crippen molar-refractivity contribution >= 4 is 11.6 Å².